The normalized spacial score (nSPS) is 10.3. The number of amides is 2. The van der Waals surface area contributed by atoms with Gasteiger partial charge < -0.3 is 20.1 Å². The third-order valence-electron chi connectivity index (χ3n) is 4.24. The summed E-state index contributed by atoms with van der Waals surface area (Å²) in [5, 5.41) is 5.48. The van der Waals surface area contributed by atoms with E-state index in [1.807, 2.05) is 6.92 Å². The minimum absolute atomic E-state index is 0.149. The summed E-state index contributed by atoms with van der Waals surface area (Å²) in [6.45, 7) is 1.83. The van der Waals surface area contributed by atoms with Crippen molar-refractivity contribution < 1.29 is 28.7 Å². The maximum Gasteiger partial charge on any atom is 0.338 e. The molecule has 0 saturated heterocycles. The average Bonchev–Trinajstić information content (AvgIpc) is 2.78. The van der Waals surface area contributed by atoms with Crippen molar-refractivity contribution in [2.24, 2.45) is 0 Å². The van der Waals surface area contributed by atoms with E-state index in [1.54, 1.807) is 36.4 Å². The predicted molar refractivity (Wildman–Crippen MR) is 128 cm³/mol. The molecule has 0 spiro atoms. The summed E-state index contributed by atoms with van der Waals surface area (Å²) in [5.74, 6) is -2.16. The molecule has 0 unspecified atom stereocenters. The monoisotopic (exact) mass is 538 g/mol. The first-order valence-electron chi connectivity index (χ1n) is 10.3. The molecular formula is C23H24BrClN2O6. The van der Waals surface area contributed by atoms with Crippen molar-refractivity contribution in [3.8, 4) is 0 Å². The quantitative estimate of drug-likeness (QED) is 0.308. The van der Waals surface area contributed by atoms with E-state index in [9.17, 15) is 19.2 Å². The maximum atomic E-state index is 12.1. The van der Waals surface area contributed by atoms with E-state index in [2.05, 4.69) is 26.6 Å². The summed E-state index contributed by atoms with van der Waals surface area (Å²) in [6, 6.07) is 11.3. The van der Waals surface area contributed by atoms with Gasteiger partial charge in [0, 0.05) is 16.6 Å². The van der Waals surface area contributed by atoms with E-state index in [-0.39, 0.29) is 12.8 Å². The summed E-state index contributed by atoms with van der Waals surface area (Å²) >= 11 is 9.28. The number of unbranched alkanes of at least 4 members (excludes halogenated alkanes) is 1. The Hall–Kier alpha value is -2.91. The highest BCUT2D eigenvalue weighted by Gasteiger charge is 2.13. The minimum atomic E-state index is -0.699. The lowest BCUT2D eigenvalue weighted by Crippen LogP contribution is -2.22. The largest absolute Gasteiger partial charge is 0.462 e. The van der Waals surface area contributed by atoms with Crippen molar-refractivity contribution in [1.29, 1.82) is 0 Å². The Bertz CT molecular complexity index is 1010. The molecule has 0 radical (unpaired) electrons. The van der Waals surface area contributed by atoms with E-state index < -0.39 is 30.4 Å². The van der Waals surface area contributed by atoms with Gasteiger partial charge in [0.25, 0.3) is 5.91 Å². The molecule has 0 heterocycles. The Kier molecular flexibility index (Phi) is 10.9. The molecule has 176 valence electrons. The fourth-order valence-electron chi connectivity index (χ4n) is 2.55. The van der Waals surface area contributed by atoms with Crippen LogP contribution in [0.3, 0.4) is 0 Å². The first-order valence-corrected chi connectivity index (χ1v) is 11.4. The lowest BCUT2D eigenvalue weighted by Gasteiger charge is -2.09. The van der Waals surface area contributed by atoms with E-state index in [1.165, 1.54) is 6.07 Å². The summed E-state index contributed by atoms with van der Waals surface area (Å²) in [6.07, 6.45) is 1.33. The number of hydrogen-bond acceptors (Lipinski definition) is 6. The van der Waals surface area contributed by atoms with Crippen LogP contribution in [-0.4, -0.2) is 37.0 Å². The molecule has 2 aromatic rings. The molecule has 0 fully saturated rings. The van der Waals surface area contributed by atoms with Crippen molar-refractivity contribution in [3.05, 3.63) is 57.5 Å². The third kappa shape index (κ3) is 9.63. The molecule has 2 N–H and O–H groups in total. The standard InChI is InChI=1S/C23H24BrClN2O6/c1-2-3-11-32-23(31)15-5-4-6-17(12-15)26-20(28)9-10-22(30)33-14-21(29)27-19-8-7-16(24)13-18(19)25/h4-8,12-13H,2-3,9-11,14H2,1H3,(H,26,28)(H,27,29). The van der Waals surface area contributed by atoms with Crippen LogP contribution < -0.4 is 10.6 Å². The van der Waals surface area contributed by atoms with E-state index >= 15 is 0 Å². The number of anilines is 2. The molecule has 0 aliphatic heterocycles. The molecule has 10 heteroatoms. The zero-order chi connectivity index (χ0) is 24.2. The summed E-state index contributed by atoms with van der Waals surface area (Å²) in [7, 11) is 0. The van der Waals surface area contributed by atoms with Crippen LogP contribution in [0, 0.1) is 0 Å². The lowest BCUT2D eigenvalue weighted by atomic mass is 10.2. The second-order valence-corrected chi connectivity index (χ2v) is 8.27. The van der Waals surface area contributed by atoms with Crippen LogP contribution in [0.1, 0.15) is 43.0 Å². The van der Waals surface area contributed by atoms with Crippen molar-refractivity contribution in [3.63, 3.8) is 0 Å². The van der Waals surface area contributed by atoms with Crippen molar-refractivity contribution in [2.75, 3.05) is 23.8 Å². The van der Waals surface area contributed by atoms with Crippen LogP contribution in [0.5, 0.6) is 0 Å². The van der Waals surface area contributed by atoms with Gasteiger partial charge in [-0.2, -0.15) is 0 Å². The fraction of sp³-hybridized carbons (Fsp3) is 0.304. The molecule has 0 atom stereocenters. The molecule has 0 aliphatic rings. The predicted octanol–water partition coefficient (Wildman–Crippen LogP) is 4.96. The Morgan fingerprint density at radius 1 is 0.970 bits per heavy atom. The van der Waals surface area contributed by atoms with Crippen LogP contribution in [0.25, 0.3) is 0 Å². The molecule has 2 rings (SSSR count). The number of hydrogen-bond donors (Lipinski definition) is 2. The second-order valence-electron chi connectivity index (χ2n) is 6.95. The van der Waals surface area contributed by atoms with Gasteiger partial charge in [-0.15, -0.1) is 0 Å². The fourth-order valence-corrected chi connectivity index (χ4v) is 3.27. The smallest absolute Gasteiger partial charge is 0.338 e. The first-order chi connectivity index (χ1) is 15.8. The van der Waals surface area contributed by atoms with Crippen LogP contribution in [0.4, 0.5) is 11.4 Å². The molecule has 0 aromatic heterocycles. The number of carbonyl (C=O) groups is 4. The second kappa shape index (κ2) is 13.6. The Morgan fingerprint density at radius 3 is 2.48 bits per heavy atom. The number of halogens is 2. The van der Waals surface area contributed by atoms with Gasteiger partial charge >= 0.3 is 11.9 Å². The van der Waals surface area contributed by atoms with Crippen LogP contribution in [0.15, 0.2) is 46.9 Å². The topological polar surface area (TPSA) is 111 Å². The van der Waals surface area contributed by atoms with Gasteiger partial charge in [0.2, 0.25) is 5.91 Å². The van der Waals surface area contributed by atoms with Crippen LogP contribution in [-0.2, 0) is 23.9 Å². The minimum Gasteiger partial charge on any atom is -0.462 e. The van der Waals surface area contributed by atoms with Crippen molar-refractivity contribution in [2.45, 2.75) is 32.6 Å². The molecule has 2 aromatic carbocycles. The summed E-state index contributed by atoms with van der Waals surface area (Å²) in [5.41, 5.74) is 1.11. The van der Waals surface area contributed by atoms with Crippen LogP contribution in [0.2, 0.25) is 5.02 Å². The molecular weight excluding hydrogens is 516 g/mol. The van der Waals surface area contributed by atoms with Gasteiger partial charge in [-0.05, 0) is 42.8 Å². The summed E-state index contributed by atoms with van der Waals surface area (Å²) in [4.78, 5) is 47.9. The summed E-state index contributed by atoms with van der Waals surface area (Å²) < 4.78 is 10.8. The number of benzene rings is 2. The molecule has 0 saturated carbocycles. The van der Waals surface area contributed by atoms with Gasteiger partial charge in [0.1, 0.15) is 0 Å². The van der Waals surface area contributed by atoms with E-state index in [0.717, 1.165) is 17.3 Å². The van der Waals surface area contributed by atoms with Crippen molar-refractivity contribution >= 4 is 62.7 Å². The number of carbonyl (C=O) groups excluding carboxylic acids is 4. The molecule has 8 nitrogen and oxygen atoms in total. The van der Waals surface area contributed by atoms with Crippen LogP contribution >= 0.6 is 27.5 Å². The highest BCUT2D eigenvalue weighted by Crippen LogP contribution is 2.25. The highest BCUT2D eigenvalue weighted by molar-refractivity contribution is 9.10. The van der Waals surface area contributed by atoms with Gasteiger partial charge in [0.15, 0.2) is 6.61 Å². The Labute approximate surface area is 205 Å². The lowest BCUT2D eigenvalue weighted by molar-refractivity contribution is -0.147. The van der Waals surface area contributed by atoms with E-state index in [0.29, 0.717) is 28.6 Å². The number of esters is 2. The zero-order valence-electron chi connectivity index (χ0n) is 18.0. The number of nitrogens with one attached hydrogen (secondary N) is 2. The first kappa shape index (κ1) is 26.3. The Morgan fingerprint density at radius 2 is 1.76 bits per heavy atom. The Balaban J connectivity index is 1.73. The molecule has 33 heavy (non-hydrogen) atoms. The molecule has 0 aliphatic carbocycles. The molecule has 0 bridgehead atoms. The number of ether oxygens (including phenoxy) is 2. The van der Waals surface area contributed by atoms with Crippen molar-refractivity contribution in [1.82, 2.24) is 0 Å². The van der Waals surface area contributed by atoms with E-state index in [4.69, 9.17) is 21.1 Å². The average molecular weight is 540 g/mol. The molecule has 2 amide bonds. The van der Waals surface area contributed by atoms with Gasteiger partial charge in [-0.25, -0.2) is 4.79 Å². The maximum absolute atomic E-state index is 12.1. The van der Waals surface area contributed by atoms with Gasteiger partial charge in [-0.1, -0.05) is 46.9 Å². The highest BCUT2D eigenvalue weighted by atomic mass is 79.9. The third-order valence-corrected chi connectivity index (χ3v) is 5.04. The van der Waals surface area contributed by atoms with Gasteiger partial charge in [0.05, 0.1) is 29.3 Å². The number of rotatable bonds is 11. The van der Waals surface area contributed by atoms with Gasteiger partial charge in [-0.3, -0.25) is 14.4 Å². The zero-order valence-corrected chi connectivity index (χ0v) is 20.3. The SMILES string of the molecule is CCCCOC(=O)c1cccc(NC(=O)CCC(=O)OCC(=O)Nc2ccc(Br)cc2Cl)c1.